The highest BCUT2D eigenvalue weighted by Crippen LogP contribution is 2.28. The molecular formula is C18H25N4O+. The van der Waals surface area contributed by atoms with Gasteiger partial charge in [-0.3, -0.25) is 4.79 Å². The number of benzene rings is 1. The first-order valence-corrected chi connectivity index (χ1v) is 8.57. The van der Waals surface area contributed by atoms with Crippen molar-refractivity contribution in [1.29, 1.82) is 5.26 Å². The average Bonchev–Trinajstić information content (AvgIpc) is 3.05. The minimum absolute atomic E-state index is 0.0246. The van der Waals surface area contributed by atoms with E-state index in [2.05, 4.69) is 40.6 Å². The van der Waals surface area contributed by atoms with Gasteiger partial charge in [-0.25, -0.2) is 0 Å². The second kappa shape index (κ2) is 7.01. The number of carbonyl (C=O) groups is 1. The van der Waals surface area contributed by atoms with E-state index in [1.54, 1.807) is 0 Å². The van der Waals surface area contributed by atoms with Crippen LogP contribution in [-0.2, 0) is 4.79 Å². The molecule has 1 aliphatic carbocycles. The fraction of sp³-hybridized carbons (Fsp3) is 0.556. The van der Waals surface area contributed by atoms with Crippen LogP contribution < -0.4 is 15.1 Å². The van der Waals surface area contributed by atoms with Gasteiger partial charge in [0.15, 0.2) is 6.54 Å². The highest BCUT2D eigenvalue weighted by molar-refractivity contribution is 5.78. The van der Waals surface area contributed by atoms with Gasteiger partial charge in [-0.15, -0.1) is 0 Å². The minimum atomic E-state index is -0.595. The van der Waals surface area contributed by atoms with Crippen molar-refractivity contribution in [3.63, 3.8) is 0 Å². The molecule has 1 heterocycles. The van der Waals surface area contributed by atoms with Crippen molar-refractivity contribution in [3.05, 3.63) is 30.3 Å². The Kier molecular flexibility index (Phi) is 4.82. The number of nitrogens with zero attached hydrogens (tertiary/aromatic N) is 2. The number of nitrogens with one attached hydrogen (secondary N) is 2. The highest BCUT2D eigenvalue weighted by Gasteiger charge is 2.36. The van der Waals surface area contributed by atoms with Crippen LogP contribution in [-0.4, -0.2) is 44.2 Å². The van der Waals surface area contributed by atoms with Crippen LogP contribution in [0.5, 0.6) is 0 Å². The lowest BCUT2D eigenvalue weighted by atomic mass is 10.00. The molecule has 2 N–H and O–H groups in total. The number of hydrogen-bond donors (Lipinski definition) is 2. The van der Waals surface area contributed by atoms with Crippen LogP contribution in [0.25, 0.3) is 0 Å². The number of para-hydroxylation sites is 1. The number of rotatable bonds is 4. The topological polar surface area (TPSA) is 60.6 Å². The van der Waals surface area contributed by atoms with Crippen molar-refractivity contribution in [3.8, 4) is 6.07 Å². The van der Waals surface area contributed by atoms with Crippen molar-refractivity contribution < 1.29 is 9.69 Å². The number of amides is 1. The van der Waals surface area contributed by atoms with Crippen molar-refractivity contribution in [1.82, 2.24) is 5.32 Å². The molecule has 0 bridgehead atoms. The first-order valence-electron chi connectivity index (χ1n) is 8.57. The van der Waals surface area contributed by atoms with Gasteiger partial charge in [-0.1, -0.05) is 18.2 Å². The lowest BCUT2D eigenvalue weighted by Crippen LogP contribution is -3.16. The second-order valence-electron chi connectivity index (χ2n) is 6.70. The minimum Gasteiger partial charge on any atom is -0.360 e. The summed E-state index contributed by atoms with van der Waals surface area (Å²) in [5, 5.41) is 12.4. The quantitative estimate of drug-likeness (QED) is 0.843. The molecular weight excluding hydrogens is 288 g/mol. The number of anilines is 1. The van der Waals surface area contributed by atoms with E-state index in [0.717, 1.165) is 51.9 Å². The molecule has 0 radical (unpaired) electrons. The zero-order valence-corrected chi connectivity index (χ0v) is 13.6. The van der Waals surface area contributed by atoms with Gasteiger partial charge in [-0.05, 0) is 37.8 Å². The lowest BCUT2D eigenvalue weighted by Gasteiger charge is -2.33. The van der Waals surface area contributed by atoms with Crippen LogP contribution in [0.3, 0.4) is 0 Å². The zero-order valence-electron chi connectivity index (χ0n) is 13.6. The third-order valence-electron chi connectivity index (χ3n) is 5.05. The van der Waals surface area contributed by atoms with E-state index in [0.29, 0.717) is 6.54 Å². The summed E-state index contributed by atoms with van der Waals surface area (Å²) in [6.45, 7) is 4.34. The fourth-order valence-corrected chi connectivity index (χ4v) is 3.68. The molecule has 5 heteroatoms. The molecule has 23 heavy (non-hydrogen) atoms. The second-order valence-corrected chi connectivity index (χ2v) is 6.70. The summed E-state index contributed by atoms with van der Waals surface area (Å²) in [5.41, 5.74) is 0.660. The average molecular weight is 313 g/mol. The number of quaternary nitrogens is 1. The summed E-state index contributed by atoms with van der Waals surface area (Å²) in [6.07, 6.45) is 3.67. The Morgan fingerprint density at radius 1 is 1.22 bits per heavy atom. The van der Waals surface area contributed by atoms with Gasteiger partial charge in [0, 0.05) is 5.69 Å². The summed E-state index contributed by atoms with van der Waals surface area (Å²) in [4.78, 5) is 16.0. The molecule has 1 aliphatic heterocycles. The SMILES string of the molecule is N#CC1(NC(=O)C[NH+]2CCN(c3ccccc3)CC2)CCCC1. The standard InChI is InChI=1S/C18H24N4O/c19-15-18(8-4-5-9-18)20-17(23)14-21-10-12-22(13-11-21)16-6-2-1-3-7-16/h1-3,6-7H,4-5,8-14H2,(H,20,23)/p+1. The first kappa shape index (κ1) is 15.8. The predicted molar refractivity (Wildman–Crippen MR) is 89.2 cm³/mol. The monoisotopic (exact) mass is 313 g/mol. The normalized spacial score (nSPS) is 20.9. The van der Waals surface area contributed by atoms with Gasteiger partial charge >= 0.3 is 0 Å². The Labute approximate surface area is 137 Å². The predicted octanol–water partition coefficient (Wildman–Crippen LogP) is 0.344. The molecule has 1 aromatic carbocycles. The summed E-state index contributed by atoms with van der Waals surface area (Å²) < 4.78 is 0. The summed E-state index contributed by atoms with van der Waals surface area (Å²) >= 11 is 0. The highest BCUT2D eigenvalue weighted by atomic mass is 16.2. The van der Waals surface area contributed by atoms with Gasteiger partial charge in [0.05, 0.1) is 32.2 Å². The van der Waals surface area contributed by atoms with E-state index < -0.39 is 5.54 Å². The number of piperazine rings is 1. The molecule has 5 nitrogen and oxygen atoms in total. The third kappa shape index (κ3) is 3.83. The van der Waals surface area contributed by atoms with Crippen LogP contribution in [0.15, 0.2) is 30.3 Å². The fourth-order valence-electron chi connectivity index (χ4n) is 3.68. The Morgan fingerprint density at radius 3 is 2.48 bits per heavy atom. The van der Waals surface area contributed by atoms with Crippen molar-refractivity contribution in [2.45, 2.75) is 31.2 Å². The molecule has 2 aliphatic rings. The summed E-state index contributed by atoms with van der Waals surface area (Å²) in [5.74, 6) is 0.0246. The van der Waals surface area contributed by atoms with Crippen LogP contribution >= 0.6 is 0 Å². The van der Waals surface area contributed by atoms with Crippen molar-refractivity contribution in [2.24, 2.45) is 0 Å². The van der Waals surface area contributed by atoms with Crippen molar-refractivity contribution in [2.75, 3.05) is 37.6 Å². The van der Waals surface area contributed by atoms with Crippen LogP contribution in [0.4, 0.5) is 5.69 Å². The Balaban J connectivity index is 1.47. The maximum atomic E-state index is 12.3. The van der Waals surface area contributed by atoms with Crippen LogP contribution in [0.2, 0.25) is 0 Å². The molecule has 3 rings (SSSR count). The largest absolute Gasteiger partial charge is 0.360 e. The van der Waals surface area contributed by atoms with Gasteiger partial charge in [0.1, 0.15) is 5.54 Å². The summed E-state index contributed by atoms with van der Waals surface area (Å²) in [7, 11) is 0. The van der Waals surface area contributed by atoms with Crippen LogP contribution in [0, 0.1) is 11.3 Å². The van der Waals surface area contributed by atoms with E-state index in [-0.39, 0.29) is 5.91 Å². The molecule has 0 aromatic heterocycles. The van der Waals surface area contributed by atoms with Gasteiger partial charge in [-0.2, -0.15) is 5.26 Å². The zero-order chi connectivity index (χ0) is 16.1. The molecule has 1 saturated heterocycles. The van der Waals surface area contributed by atoms with E-state index in [4.69, 9.17) is 0 Å². The molecule has 122 valence electrons. The number of hydrogen-bond acceptors (Lipinski definition) is 3. The van der Waals surface area contributed by atoms with Gasteiger partial charge < -0.3 is 15.1 Å². The molecule has 0 unspecified atom stereocenters. The van der Waals surface area contributed by atoms with E-state index in [1.165, 1.54) is 10.6 Å². The Morgan fingerprint density at radius 2 is 1.87 bits per heavy atom. The van der Waals surface area contributed by atoms with Gasteiger partial charge in [0.2, 0.25) is 0 Å². The lowest BCUT2D eigenvalue weighted by molar-refractivity contribution is -0.892. The smallest absolute Gasteiger partial charge is 0.276 e. The third-order valence-corrected chi connectivity index (χ3v) is 5.05. The Hall–Kier alpha value is -2.06. The Bertz CT molecular complexity index is 566. The number of nitriles is 1. The van der Waals surface area contributed by atoms with Crippen molar-refractivity contribution >= 4 is 11.6 Å². The maximum Gasteiger partial charge on any atom is 0.276 e. The van der Waals surface area contributed by atoms with E-state index >= 15 is 0 Å². The van der Waals surface area contributed by atoms with E-state index in [9.17, 15) is 10.1 Å². The first-order chi connectivity index (χ1) is 11.2. The molecule has 1 aromatic rings. The van der Waals surface area contributed by atoms with E-state index in [1.807, 2.05) is 6.07 Å². The maximum absolute atomic E-state index is 12.3. The molecule has 1 amide bonds. The number of carbonyl (C=O) groups excluding carboxylic acids is 1. The molecule has 0 spiro atoms. The molecule has 1 saturated carbocycles. The van der Waals surface area contributed by atoms with Gasteiger partial charge in [0.25, 0.3) is 5.91 Å². The van der Waals surface area contributed by atoms with Crippen LogP contribution in [0.1, 0.15) is 25.7 Å². The summed E-state index contributed by atoms with van der Waals surface area (Å²) in [6, 6.07) is 12.7. The molecule has 2 fully saturated rings. The molecule has 0 atom stereocenters.